The molecule has 19 heavy (non-hydrogen) atoms. The molecule has 0 heterocycles. The van der Waals surface area contributed by atoms with Gasteiger partial charge in [0.05, 0.1) is 10.6 Å². The highest BCUT2D eigenvalue weighted by atomic mass is 35.5. The van der Waals surface area contributed by atoms with Crippen LogP contribution in [0.3, 0.4) is 0 Å². The second kappa shape index (κ2) is 8.64. The summed E-state index contributed by atoms with van der Waals surface area (Å²) in [6, 6.07) is 4.77. The Morgan fingerprint density at radius 2 is 2.00 bits per heavy atom. The first-order valence-electron chi connectivity index (χ1n) is 5.90. The number of nitrogens with two attached hydrogens (primary N) is 1. The Morgan fingerprint density at radius 1 is 1.37 bits per heavy atom. The Hall–Kier alpha value is -0.480. The van der Waals surface area contributed by atoms with Crippen molar-refractivity contribution in [1.82, 2.24) is 5.32 Å². The molecule has 0 aliphatic rings. The molecule has 0 radical (unpaired) electrons. The summed E-state index contributed by atoms with van der Waals surface area (Å²) < 4.78 is 0. The molecule has 1 aromatic rings. The summed E-state index contributed by atoms with van der Waals surface area (Å²) in [7, 11) is 0. The molecule has 1 amide bonds. The van der Waals surface area contributed by atoms with E-state index in [2.05, 4.69) is 19.2 Å². The lowest BCUT2D eigenvalue weighted by Crippen LogP contribution is -2.41. The van der Waals surface area contributed by atoms with E-state index in [-0.39, 0.29) is 24.4 Å². The topological polar surface area (TPSA) is 55.1 Å². The van der Waals surface area contributed by atoms with E-state index in [4.69, 9.17) is 28.9 Å². The standard InChI is InChI=1S/C13H18Cl2N2O.ClH/c1-8(2)5-10(7-16)17-13(18)11-4-3-9(14)6-12(11)15;/h3-4,6,8,10H,5,7,16H2,1-2H3,(H,17,18);1H. The monoisotopic (exact) mass is 324 g/mol. The van der Waals surface area contributed by atoms with Crippen LogP contribution in [0.4, 0.5) is 0 Å². The van der Waals surface area contributed by atoms with E-state index in [0.717, 1.165) is 6.42 Å². The average Bonchev–Trinajstić information content (AvgIpc) is 2.27. The summed E-state index contributed by atoms with van der Waals surface area (Å²) in [6.07, 6.45) is 0.841. The predicted molar refractivity (Wildman–Crippen MR) is 83.5 cm³/mol. The van der Waals surface area contributed by atoms with Crippen LogP contribution in [0.5, 0.6) is 0 Å². The van der Waals surface area contributed by atoms with E-state index in [1.54, 1.807) is 18.2 Å². The quantitative estimate of drug-likeness (QED) is 0.870. The van der Waals surface area contributed by atoms with Crippen molar-refractivity contribution in [2.24, 2.45) is 11.7 Å². The lowest BCUT2D eigenvalue weighted by molar-refractivity contribution is 0.0934. The van der Waals surface area contributed by atoms with Gasteiger partial charge in [-0.15, -0.1) is 12.4 Å². The van der Waals surface area contributed by atoms with E-state index in [1.165, 1.54) is 0 Å². The van der Waals surface area contributed by atoms with E-state index in [9.17, 15) is 4.79 Å². The number of halogens is 3. The van der Waals surface area contributed by atoms with Crippen molar-refractivity contribution in [2.75, 3.05) is 6.54 Å². The highest BCUT2D eigenvalue weighted by Crippen LogP contribution is 2.21. The minimum Gasteiger partial charge on any atom is -0.348 e. The maximum absolute atomic E-state index is 12.0. The van der Waals surface area contributed by atoms with Crippen molar-refractivity contribution in [3.05, 3.63) is 33.8 Å². The average molecular weight is 326 g/mol. The second-order valence-corrected chi connectivity index (χ2v) is 5.50. The fraction of sp³-hybridized carbons (Fsp3) is 0.462. The van der Waals surface area contributed by atoms with Gasteiger partial charge in [0.1, 0.15) is 0 Å². The minimum absolute atomic E-state index is 0. The molecule has 1 atom stereocenters. The van der Waals surface area contributed by atoms with Crippen LogP contribution in [-0.4, -0.2) is 18.5 Å². The van der Waals surface area contributed by atoms with E-state index < -0.39 is 0 Å². The first-order valence-corrected chi connectivity index (χ1v) is 6.65. The van der Waals surface area contributed by atoms with Crippen molar-refractivity contribution in [2.45, 2.75) is 26.3 Å². The number of amides is 1. The fourth-order valence-electron chi connectivity index (χ4n) is 1.72. The SMILES string of the molecule is CC(C)CC(CN)NC(=O)c1ccc(Cl)cc1Cl.Cl. The van der Waals surface area contributed by atoms with Gasteiger partial charge >= 0.3 is 0 Å². The summed E-state index contributed by atoms with van der Waals surface area (Å²) >= 11 is 11.8. The Morgan fingerprint density at radius 3 is 2.47 bits per heavy atom. The van der Waals surface area contributed by atoms with Crippen LogP contribution in [0, 0.1) is 5.92 Å². The van der Waals surface area contributed by atoms with Gasteiger partial charge in [-0.2, -0.15) is 0 Å². The molecular formula is C13H19Cl3N2O. The zero-order valence-corrected chi connectivity index (χ0v) is 13.3. The lowest BCUT2D eigenvalue weighted by Gasteiger charge is -2.19. The van der Waals surface area contributed by atoms with Gasteiger partial charge in [0, 0.05) is 17.6 Å². The van der Waals surface area contributed by atoms with Crippen molar-refractivity contribution < 1.29 is 4.79 Å². The van der Waals surface area contributed by atoms with Gasteiger partial charge in [0.2, 0.25) is 0 Å². The van der Waals surface area contributed by atoms with Gasteiger partial charge in [-0.05, 0) is 30.5 Å². The number of benzene rings is 1. The number of hydrogen-bond donors (Lipinski definition) is 2. The van der Waals surface area contributed by atoms with E-state index >= 15 is 0 Å². The van der Waals surface area contributed by atoms with Crippen molar-refractivity contribution >= 4 is 41.5 Å². The normalized spacial score (nSPS) is 11.9. The Labute approximate surface area is 130 Å². The molecule has 3 N–H and O–H groups in total. The van der Waals surface area contributed by atoms with Gasteiger partial charge in [-0.25, -0.2) is 0 Å². The Balaban J connectivity index is 0.00000324. The number of hydrogen-bond acceptors (Lipinski definition) is 2. The van der Waals surface area contributed by atoms with Crippen molar-refractivity contribution in [1.29, 1.82) is 0 Å². The number of carbonyl (C=O) groups excluding carboxylic acids is 1. The highest BCUT2D eigenvalue weighted by molar-refractivity contribution is 6.36. The van der Waals surface area contributed by atoms with E-state index in [0.29, 0.717) is 28.1 Å². The molecular weight excluding hydrogens is 307 g/mol. The molecule has 0 aromatic heterocycles. The molecule has 1 rings (SSSR count). The highest BCUT2D eigenvalue weighted by Gasteiger charge is 2.16. The van der Waals surface area contributed by atoms with Crippen molar-refractivity contribution in [3.63, 3.8) is 0 Å². The maximum atomic E-state index is 12.0. The molecule has 1 unspecified atom stereocenters. The number of rotatable bonds is 5. The van der Waals surface area contributed by atoms with Crippen LogP contribution >= 0.6 is 35.6 Å². The molecule has 3 nitrogen and oxygen atoms in total. The lowest BCUT2D eigenvalue weighted by atomic mass is 10.0. The van der Waals surface area contributed by atoms with Crippen LogP contribution < -0.4 is 11.1 Å². The van der Waals surface area contributed by atoms with Gasteiger partial charge in [0.15, 0.2) is 0 Å². The summed E-state index contributed by atoms with van der Waals surface area (Å²) in [6.45, 7) is 4.59. The molecule has 1 aromatic carbocycles. The predicted octanol–water partition coefficient (Wildman–Crippen LogP) is 3.52. The van der Waals surface area contributed by atoms with Gasteiger partial charge in [-0.1, -0.05) is 37.0 Å². The molecule has 0 spiro atoms. The smallest absolute Gasteiger partial charge is 0.253 e. The Kier molecular flexibility index (Phi) is 8.42. The van der Waals surface area contributed by atoms with Crippen LogP contribution in [-0.2, 0) is 0 Å². The molecule has 0 saturated carbocycles. The first-order chi connectivity index (χ1) is 8.43. The van der Waals surface area contributed by atoms with Crippen LogP contribution in [0.15, 0.2) is 18.2 Å². The molecule has 0 aliphatic carbocycles. The Bertz CT molecular complexity index is 424. The summed E-state index contributed by atoms with van der Waals surface area (Å²) in [5, 5.41) is 3.74. The van der Waals surface area contributed by atoms with E-state index in [1.807, 2.05) is 0 Å². The molecule has 6 heteroatoms. The number of nitrogens with one attached hydrogen (secondary N) is 1. The number of carbonyl (C=O) groups is 1. The maximum Gasteiger partial charge on any atom is 0.253 e. The molecule has 0 bridgehead atoms. The second-order valence-electron chi connectivity index (χ2n) is 4.66. The largest absolute Gasteiger partial charge is 0.348 e. The van der Waals surface area contributed by atoms with Crippen LogP contribution in [0.2, 0.25) is 10.0 Å². The summed E-state index contributed by atoms with van der Waals surface area (Å²) in [5.41, 5.74) is 6.06. The zero-order chi connectivity index (χ0) is 13.7. The molecule has 108 valence electrons. The third-order valence-electron chi connectivity index (χ3n) is 2.55. The summed E-state index contributed by atoms with van der Waals surface area (Å²) in [4.78, 5) is 12.0. The molecule has 0 aliphatic heterocycles. The van der Waals surface area contributed by atoms with Gasteiger partial charge in [-0.3, -0.25) is 4.79 Å². The molecule has 0 fully saturated rings. The minimum atomic E-state index is -0.215. The van der Waals surface area contributed by atoms with Crippen LogP contribution in [0.1, 0.15) is 30.6 Å². The molecule has 0 saturated heterocycles. The summed E-state index contributed by atoms with van der Waals surface area (Å²) in [5.74, 6) is 0.257. The van der Waals surface area contributed by atoms with Crippen LogP contribution in [0.25, 0.3) is 0 Å². The fourth-order valence-corrected chi connectivity index (χ4v) is 2.21. The first kappa shape index (κ1) is 18.5. The zero-order valence-electron chi connectivity index (χ0n) is 11.0. The third-order valence-corrected chi connectivity index (χ3v) is 3.10. The van der Waals surface area contributed by atoms with Gasteiger partial charge in [0.25, 0.3) is 5.91 Å². The third kappa shape index (κ3) is 6.00. The van der Waals surface area contributed by atoms with Gasteiger partial charge < -0.3 is 11.1 Å². The van der Waals surface area contributed by atoms with Crippen molar-refractivity contribution in [3.8, 4) is 0 Å².